The summed E-state index contributed by atoms with van der Waals surface area (Å²) in [5.74, 6) is -3.31. The lowest BCUT2D eigenvalue weighted by Gasteiger charge is -2.17. The van der Waals surface area contributed by atoms with Crippen molar-refractivity contribution in [3.63, 3.8) is 0 Å². The third-order valence-electron chi connectivity index (χ3n) is 1.79. The second-order valence-electron chi connectivity index (χ2n) is 3.06. The van der Waals surface area contributed by atoms with Gasteiger partial charge in [0.15, 0.2) is 4.67 Å². The molecule has 7 nitrogen and oxygen atoms in total. The molecule has 1 heterocycles. The molecule has 0 aliphatic heterocycles. The molecule has 0 radical (unpaired) electrons. The maximum Gasteiger partial charge on any atom is 0.323 e. The maximum atomic E-state index is 11.8. The van der Waals surface area contributed by atoms with Crippen LogP contribution in [-0.4, -0.2) is 46.0 Å². The van der Waals surface area contributed by atoms with Crippen LogP contribution in [-0.2, 0) is 9.59 Å². The summed E-state index contributed by atoms with van der Waals surface area (Å²) in [5.41, 5.74) is 0.0764. The van der Waals surface area contributed by atoms with Gasteiger partial charge in [0, 0.05) is 0 Å². The molecule has 0 saturated heterocycles. The van der Waals surface area contributed by atoms with Crippen molar-refractivity contribution >= 4 is 33.8 Å². The smallest absolute Gasteiger partial charge is 0.323 e. The Hall–Kier alpha value is -1.83. The topological polar surface area (TPSA) is 108 Å². The number of carbonyl (C=O) groups is 3. The lowest BCUT2D eigenvalue weighted by Crippen LogP contribution is -2.39. The number of rotatable bonds is 5. The third kappa shape index (κ3) is 3.59. The minimum atomic E-state index is -1.29. The van der Waals surface area contributed by atoms with Crippen LogP contribution in [0.5, 0.6) is 0 Å². The highest BCUT2D eigenvalue weighted by Gasteiger charge is 2.23. The Morgan fingerprint density at radius 1 is 1.24 bits per heavy atom. The molecule has 1 aromatic rings. The number of halogens is 1. The Balaban J connectivity index is 2.90. The number of furan rings is 1. The Kier molecular flexibility index (Phi) is 4.27. The van der Waals surface area contributed by atoms with Crippen molar-refractivity contribution in [3.05, 3.63) is 22.6 Å². The Morgan fingerprint density at radius 2 is 1.76 bits per heavy atom. The lowest BCUT2D eigenvalue weighted by molar-refractivity contribution is -0.140. The Morgan fingerprint density at radius 3 is 2.12 bits per heavy atom. The monoisotopic (exact) mass is 305 g/mol. The van der Waals surface area contributed by atoms with Gasteiger partial charge in [-0.3, -0.25) is 14.4 Å². The quantitative estimate of drug-likeness (QED) is 0.827. The summed E-state index contributed by atoms with van der Waals surface area (Å²) >= 11 is 2.96. The van der Waals surface area contributed by atoms with Crippen LogP contribution in [0.25, 0.3) is 0 Å². The zero-order valence-corrected chi connectivity index (χ0v) is 10.0. The van der Waals surface area contributed by atoms with Crippen LogP contribution in [0.3, 0.4) is 0 Å². The molecule has 1 aromatic heterocycles. The molecule has 92 valence electrons. The van der Waals surface area contributed by atoms with Gasteiger partial charge in [-0.1, -0.05) is 0 Å². The number of carboxylic acids is 2. The molecule has 1 amide bonds. The molecule has 1 rings (SSSR count). The number of amides is 1. The minimum absolute atomic E-state index is 0.0764. The molecule has 0 bridgehead atoms. The molecule has 2 N–H and O–H groups in total. The van der Waals surface area contributed by atoms with E-state index in [-0.39, 0.29) is 10.2 Å². The highest BCUT2D eigenvalue weighted by atomic mass is 79.9. The van der Waals surface area contributed by atoms with E-state index in [1.807, 2.05) is 0 Å². The first kappa shape index (κ1) is 13.2. The van der Waals surface area contributed by atoms with E-state index < -0.39 is 30.9 Å². The van der Waals surface area contributed by atoms with Gasteiger partial charge in [0.1, 0.15) is 13.1 Å². The van der Waals surface area contributed by atoms with Gasteiger partial charge >= 0.3 is 11.9 Å². The zero-order chi connectivity index (χ0) is 13.0. The van der Waals surface area contributed by atoms with Crippen molar-refractivity contribution in [1.82, 2.24) is 4.90 Å². The second-order valence-corrected chi connectivity index (χ2v) is 3.78. The van der Waals surface area contributed by atoms with E-state index in [1.54, 1.807) is 0 Å². The lowest BCUT2D eigenvalue weighted by atomic mass is 10.3. The summed E-state index contributed by atoms with van der Waals surface area (Å²) in [5, 5.41) is 17.2. The van der Waals surface area contributed by atoms with Gasteiger partial charge in [-0.2, -0.15) is 0 Å². The summed E-state index contributed by atoms with van der Waals surface area (Å²) in [7, 11) is 0. The molecule has 17 heavy (non-hydrogen) atoms. The van der Waals surface area contributed by atoms with E-state index in [0.29, 0.717) is 4.90 Å². The van der Waals surface area contributed by atoms with Gasteiger partial charge < -0.3 is 19.5 Å². The van der Waals surface area contributed by atoms with Crippen LogP contribution in [0, 0.1) is 0 Å². The van der Waals surface area contributed by atoms with E-state index >= 15 is 0 Å². The number of nitrogens with zero attached hydrogens (tertiary/aromatic N) is 1. The number of hydrogen-bond acceptors (Lipinski definition) is 4. The van der Waals surface area contributed by atoms with Crippen LogP contribution < -0.4 is 0 Å². The average molecular weight is 306 g/mol. The zero-order valence-electron chi connectivity index (χ0n) is 8.42. The van der Waals surface area contributed by atoms with Crippen LogP contribution in [0.2, 0.25) is 0 Å². The van der Waals surface area contributed by atoms with Crippen molar-refractivity contribution in [2.24, 2.45) is 0 Å². The van der Waals surface area contributed by atoms with Crippen molar-refractivity contribution in [3.8, 4) is 0 Å². The molecule has 0 aliphatic carbocycles. The molecule has 8 heteroatoms. The van der Waals surface area contributed by atoms with E-state index in [1.165, 1.54) is 12.3 Å². The molecular formula is C9H8BrNO6. The van der Waals surface area contributed by atoms with Gasteiger partial charge in [0.05, 0.1) is 11.8 Å². The number of hydrogen-bond donors (Lipinski definition) is 2. The Labute approximate surface area is 104 Å². The van der Waals surface area contributed by atoms with E-state index in [2.05, 4.69) is 15.9 Å². The first-order chi connectivity index (χ1) is 7.91. The fourth-order valence-electron chi connectivity index (χ4n) is 1.14. The fraction of sp³-hybridized carbons (Fsp3) is 0.222. The molecular weight excluding hydrogens is 298 g/mol. The number of carbonyl (C=O) groups excluding carboxylic acids is 1. The average Bonchev–Trinajstić information content (AvgIpc) is 2.61. The van der Waals surface area contributed by atoms with Crippen molar-refractivity contribution in [1.29, 1.82) is 0 Å². The largest absolute Gasteiger partial charge is 0.480 e. The first-order valence-electron chi connectivity index (χ1n) is 4.37. The van der Waals surface area contributed by atoms with Crippen LogP contribution in [0.15, 0.2) is 21.4 Å². The van der Waals surface area contributed by atoms with Gasteiger partial charge in [-0.25, -0.2) is 0 Å². The highest BCUT2D eigenvalue weighted by Crippen LogP contribution is 2.19. The summed E-state index contributed by atoms with van der Waals surface area (Å²) in [6.07, 6.45) is 1.23. The van der Waals surface area contributed by atoms with E-state index in [0.717, 1.165) is 0 Å². The molecule has 0 aliphatic rings. The van der Waals surface area contributed by atoms with Gasteiger partial charge in [0.2, 0.25) is 0 Å². The SMILES string of the molecule is O=C(O)CN(CC(=O)O)C(=O)c1ccoc1Br. The fourth-order valence-corrected chi connectivity index (χ4v) is 1.55. The second kappa shape index (κ2) is 5.48. The van der Waals surface area contributed by atoms with E-state index in [9.17, 15) is 14.4 Å². The molecule has 0 saturated carbocycles. The van der Waals surface area contributed by atoms with E-state index in [4.69, 9.17) is 14.6 Å². The Bertz CT molecular complexity index is 438. The van der Waals surface area contributed by atoms with Gasteiger partial charge in [-0.05, 0) is 22.0 Å². The molecule has 0 atom stereocenters. The first-order valence-corrected chi connectivity index (χ1v) is 5.17. The summed E-state index contributed by atoms with van der Waals surface area (Å²) < 4.78 is 4.95. The summed E-state index contributed by atoms with van der Waals surface area (Å²) in [6.45, 7) is -1.38. The van der Waals surface area contributed by atoms with Crippen LogP contribution in [0.4, 0.5) is 0 Å². The molecule has 0 fully saturated rings. The standard InChI is InChI=1S/C9H8BrNO6/c10-8-5(1-2-17-8)9(16)11(3-6(12)13)4-7(14)15/h1-2H,3-4H2,(H,12,13)(H,14,15). The predicted molar refractivity (Wildman–Crippen MR) is 57.6 cm³/mol. The maximum absolute atomic E-state index is 11.8. The van der Waals surface area contributed by atoms with Crippen molar-refractivity contribution in [2.45, 2.75) is 0 Å². The predicted octanol–water partition coefficient (Wildman–Crippen LogP) is 0.653. The summed E-state index contributed by atoms with van der Waals surface area (Å²) in [4.78, 5) is 33.6. The molecule has 0 spiro atoms. The van der Waals surface area contributed by atoms with Crippen molar-refractivity contribution < 1.29 is 29.0 Å². The molecule has 0 unspecified atom stereocenters. The number of carboxylic acid groups (broad SMARTS) is 2. The normalized spacial score (nSPS) is 9.94. The van der Waals surface area contributed by atoms with Crippen molar-refractivity contribution in [2.75, 3.05) is 13.1 Å². The van der Waals surface area contributed by atoms with Gasteiger partial charge in [-0.15, -0.1) is 0 Å². The third-order valence-corrected chi connectivity index (χ3v) is 2.40. The minimum Gasteiger partial charge on any atom is -0.480 e. The van der Waals surface area contributed by atoms with Gasteiger partial charge in [0.25, 0.3) is 5.91 Å². The van der Waals surface area contributed by atoms with Crippen LogP contribution >= 0.6 is 15.9 Å². The van der Waals surface area contributed by atoms with Crippen LogP contribution in [0.1, 0.15) is 10.4 Å². The highest BCUT2D eigenvalue weighted by molar-refractivity contribution is 9.10. The molecule has 0 aromatic carbocycles. The number of aliphatic carboxylic acids is 2. The summed E-state index contributed by atoms with van der Waals surface area (Å²) in [6, 6.07) is 1.32.